The molecule has 0 aromatic heterocycles. The van der Waals surface area contributed by atoms with Crippen molar-refractivity contribution in [3.05, 3.63) is 35.9 Å². The molecule has 2 nitrogen and oxygen atoms in total. The van der Waals surface area contributed by atoms with Gasteiger partial charge in [0.05, 0.1) is 5.41 Å². The van der Waals surface area contributed by atoms with Crippen LogP contribution in [-0.4, -0.2) is 5.91 Å². The molecule has 2 heteroatoms. The molecule has 1 aromatic carbocycles. The summed E-state index contributed by atoms with van der Waals surface area (Å²) in [6.45, 7) is 4.34. The zero-order valence-corrected chi connectivity index (χ0v) is 10.7. The number of hydrogen-bond donors (Lipinski definition) is 1. The minimum absolute atomic E-state index is 0.0571. The summed E-state index contributed by atoms with van der Waals surface area (Å²) in [6, 6.07) is 10.0. The average molecular weight is 231 g/mol. The van der Waals surface area contributed by atoms with Crippen molar-refractivity contribution in [2.24, 2.45) is 11.1 Å². The molecule has 1 atom stereocenters. The van der Waals surface area contributed by atoms with E-state index in [1.807, 2.05) is 30.3 Å². The van der Waals surface area contributed by atoms with Gasteiger partial charge in [0.15, 0.2) is 0 Å². The first-order chi connectivity index (χ1) is 8.01. The third-order valence-electron chi connectivity index (χ3n) is 4.45. The Morgan fingerprint density at radius 2 is 1.71 bits per heavy atom. The van der Waals surface area contributed by atoms with Crippen LogP contribution in [0.2, 0.25) is 0 Å². The normalized spacial score (nSPS) is 27.6. The minimum atomic E-state index is -0.494. The SMILES string of the molecule is CC1(C)CCCCC1(C(N)=O)c1ccccc1. The lowest BCUT2D eigenvalue weighted by molar-refractivity contribution is -0.130. The fourth-order valence-corrected chi connectivity index (χ4v) is 3.37. The molecule has 2 N–H and O–H groups in total. The first-order valence-corrected chi connectivity index (χ1v) is 6.36. The van der Waals surface area contributed by atoms with E-state index in [2.05, 4.69) is 13.8 Å². The highest BCUT2D eigenvalue weighted by atomic mass is 16.1. The summed E-state index contributed by atoms with van der Waals surface area (Å²) in [4.78, 5) is 12.1. The van der Waals surface area contributed by atoms with E-state index in [1.54, 1.807) is 0 Å². The Morgan fingerprint density at radius 1 is 1.12 bits per heavy atom. The zero-order valence-electron chi connectivity index (χ0n) is 10.7. The monoisotopic (exact) mass is 231 g/mol. The number of benzene rings is 1. The number of carbonyl (C=O) groups excluding carboxylic acids is 1. The quantitative estimate of drug-likeness (QED) is 0.835. The molecule has 92 valence electrons. The molecule has 1 aliphatic carbocycles. The highest BCUT2D eigenvalue weighted by Gasteiger charge is 2.51. The highest BCUT2D eigenvalue weighted by molar-refractivity contribution is 5.88. The molecule has 17 heavy (non-hydrogen) atoms. The standard InChI is InChI=1S/C15H21NO/c1-14(2)10-6-7-11-15(14,13(16)17)12-8-4-3-5-9-12/h3-5,8-9H,6-7,10-11H2,1-2H3,(H2,16,17). The summed E-state index contributed by atoms with van der Waals surface area (Å²) in [5, 5.41) is 0. The fourth-order valence-electron chi connectivity index (χ4n) is 3.37. The third kappa shape index (κ3) is 1.76. The maximum atomic E-state index is 12.1. The Kier molecular flexibility index (Phi) is 2.98. The Labute approximate surface area is 103 Å². The van der Waals surface area contributed by atoms with Crippen LogP contribution in [0.15, 0.2) is 30.3 Å². The molecule has 0 aliphatic heterocycles. The molecule has 1 saturated carbocycles. The molecule has 2 rings (SSSR count). The smallest absolute Gasteiger partial charge is 0.228 e. The van der Waals surface area contributed by atoms with Crippen LogP contribution in [0.25, 0.3) is 0 Å². The molecule has 1 aromatic rings. The van der Waals surface area contributed by atoms with Crippen LogP contribution in [-0.2, 0) is 10.2 Å². The lowest BCUT2D eigenvalue weighted by Gasteiger charge is -2.48. The lowest BCUT2D eigenvalue weighted by atomic mass is 9.54. The lowest BCUT2D eigenvalue weighted by Crippen LogP contribution is -2.53. The van der Waals surface area contributed by atoms with Crippen LogP contribution in [0.3, 0.4) is 0 Å². The second kappa shape index (κ2) is 4.17. The van der Waals surface area contributed by atoms with Gasteiger partial charge >= 0.3 is 0 Å². The van der Waals surface area contributed by atoms with E-state index < -0.39 is 5.41 Å². The van der Waals surface area contributed by atoms with Crippen LogP contribution in [0.4, 0.5) is 0 Å². The van der Waals surface area contributed by atoms with Crippen molar-refractivity contribution < 1.29 is 4.79 Å². The number of primary amides is 1. The van der Waals surface area contributed by atoms with E-state index in [1.165, 1.54) is 6.42 Å². The summed E-state index contributed by atoms with van der Waals surface area (Å²) in [5.74, 6) is -0.173. The highest BCUT2D eigenvalue weighted by Crippen LogP contribution is 2.51. The van der Waals surface area contributed by atoms with Crippen molar-refractivity contribution in [3.8, 4) is 0 Å². The average Bonchev–Trinajstić information content (AvgIpc) is 2.29. The first-order valence-electron chi connectivity index (χ1n) is 6.36. The number of amides is 1. The molecule has 0 radical (unpaired) electrons. The van der Waals surface area contributed by atoms with Gasteiger partial charge in [0, 0.05) is 0 Å². The molecule has 1 aliphatic rings. The molecular formula is C15H21NO. The van der Waals surface area contributed by atoms with Crippen molar-refractivity contribution in [2.75, 3.05) is 0 Å². The van der Waals surface area contributed by atoms with E-state index in [4.69, 9.17) is 5.73 Å². The van der Waals surface area contributed by atoms with Gasteiger partial charge in [-0.2, -0.15) is 0 Å². The molecule has 0 saturated heterocycles. The Hall–Kier alpha value is -1.31. The van der Waals surface area contributed by atoms with Gasteiger partial charge in [0.1, 0.15) is 0 Å². The van der Waals surface area contributed by atoms with Crippen LogP contribution in [0.1, 0.15) is 45.1 Å². The van der Waals surface area contributed by atoms with Gasteiger partial charge < -0.3 is 5.73 Å². The van der Waals surface area contributed by atoms with E-state index in [0.717, 1.165) is 24.8 Å². The predicted octanol–water partition coefficient (Wildman–Crippen LogP) is 3.01. The van der Waals surface area contributed by atoms with E-state index in [0.29, 0.717) is 0 Å². The molecule has 0 heterocycles. The molecular weight excluding hydrogens is 210 g/mol. The summed E-state index contributed by atoms with van der Waals surface area (Å²) >= 11 is 0. The number of rotatable bonds is 2. The van der Waals surface area contributed by atoms with Gasteiger partial charge in [-0.1, -0.05) is 57.0 Å². The topological polar surface area (TPSA) is 43.1 Å². The Balaban J connectivity index is 2.56. The van der Waals surface area contributed by atoms with Gasteiger partial charge in [-0.25, -0.2) is 0 Å². The summed E-state index contributed by atoms with van der Waals surface area (Å²) < 4.78 is 0. The largest absolute Gasteiger partial charge is 0.369 e. The maximum absolute atomic E-state index is 12.1. The Morgan fingerprint density at radius 3 is 2.24 bits per heavy atom. The second-order valence-corrected chi connectivity index (χ2v) is 5.73. The molecule has 0 spiro atoms. The minimum Gasteiger partial charge on any atom is -0.369 e. The number of nitrogens with two attached hydrogens (primary N) is 1. The predicted molar refractivity (Wildman–Crippen MR) is 69.6 cm³/mol. The maximum Gasteiger partial charge on any atom is 0.228 e. The van der Waals surface area contributed by atoms with Crippen LogP contribution >= 0.6 is 0 Å². The number of carbonyl (C=O) groups is 1. The first kappa shape index (κ1) is 12.2. The molecule has 1 amide bonds. The van der Waals surface area contributed by atoms with E-state index in [9.17, 15) is 4.79 Å². The third-order valence-corrected chi connectivity index (χ3v) is 4.45. The van der Waals surface area contributed by atoms with Gasteiger partial charge in [-0.3, -0.25) is 4.79 Å². The summed E-state index contributed by atoms with van der Waals surface area (Å²) in [7, 11) is 0. The van der Waals surface area contributed by atoms with E-state index >= 15 is 0 Å². The van der Waals surface area contributed by atoms with Crippen molar-refractivity contribution >= 4 is 5.91 Å². The number of hydrogen-bond acceptors (Lipinski definition) is 1. The summed E-state index contributed by atoms with van der Waals surface area (Å²) in [5.41, 5.74) is 6.30. The molecule has 1 fully saturated rings. The molecule has 0 bridgehead atoms. The van der Waals surface area contributed by atoms with Crippen LogP contribution < -0.4 is 5.73 Å². The van der Waals surface area contributed by atoms with Crippen molar-refractivity contribution in [1.29, 1.82) is 0 Å². The van der Waals surface area contributed by atoms with Crippen molar-refractivity contribution in [2.45, 2.75) is 44.9 Å². The van der Waals surface area contributed by atoms with Gasteiger partial charge in [-0.15, -0.1) is 0 Å². The van der Waals surface area contributed by atoms with Gasteiger partial charge in [0.25, 0.3) is 0 Å². The summed E-state index contributed by atoms with van der Waals surface area (Å²) in [6.07, 6.45) is 4.21. The zero-order chi connectivity index (χ0) is 12.5. The van der Waals surface area contributed by atoms with E-state index in [-0.39, 0.29) is 11.3 Å². The van der Waals surface area contributed by atoms with Crippen LogP contribution in [0, 0.1) is 5.41 Å². The van der Waals surface area contributed by atoms with Crippen molar-refractivity contribution in [3.63, 3.8) is 0 Å². The fraction of sp³-hybridized carbons (Fsp3) is 0.533. The van der Waals surface area contributed by atoms with Gasteiger partial charge in [0.2, 0.25) is 5.91 Å². The van der Waals surface area contributed by atoms with Gasteiger partial charge in [-0.05, 0) is 23.8 Å². The molecule has 1 unspecified atom stereocenters. The van der Waals surface area contributed by atoms with Crippen molar-refractivity contribution in [1.82, 2.24) is 0 Å². The second-order valence-electron chi connectivity index (χ2n) is 5.73. The van der Waals surface area contributed by atoms with Crippen LogP contribution in [0.5, 0.6) is 0 Å². The Bertz CT molecular complexity index is 410.